The van der Waals surface area contributed by atoms with Crippen LogP contribution in [-0.4, -0.2) is 9.55 Å². The maximum Gasteiger partial charge on any atom is 0.253 e. The summed E-state index contributed by atoms with van der Waals surface area (Å²) in [7, 11) is 1.70. The van der Waals surface area contributed by atoms with E-state index in [1.165, 1.54) is 4.57 Å². The Morgan fingerprint density at radius 2 is 1.64 bits per heavy atom. The lowest BCUT2D eigenvalue weighted by molar-refractivity contribution is 0.289. The molecule has 0 amide bonds. The number of para-hydroxylation sites is 1. The summed E-state index contributed by atoms with van der Waals surface area (Å²) >= 11 is 0. The molecule has 0 aliphatic rings. The van der Waals surface area contributed by atoms with Crippen molar-refractivity contribution in [1.82, 2.24) is 9.55 Å². The van der Waals surface area contributed by atoms with Crippen molar-refractivity contribution in [2.75, 3.05) is 0 Å². The van der Waals surface area contributed by atoms with Crippen LogP contribution < -0.4 is 10.3 Å². The van der Waals surface area contributed by atoms with Gasteiger partial charge in [0.05, 0.1) is 5.69 Å². The van der Waals surface area contributed by atoms with Gasteiger partial charge in [0.2, 0.25) is 0 Å². The summed E-state index contributed by atoms with van der Waals surface area (Å²) < 4.78 is 7.21. The van der Waals surface area contributed by atoms with Gasteiger partial charge in [-0.3, -0.25) is 9.36 Å². The lowest BCUT2D eigenvalue weighted by Gasteiger charge is -2.11. The Kier molecular flexibility index (Phi) is 4.01. The maximum atomic E-state index is 12.1. The lowest BCUT2D eigenvalue weighted by atomic mass is 10.1. The second-order valence-corrected chi connectivity index (χ2v) is 4.92. The number of aromatic nitrogens is 2. The molecule has 4 nitrogen and oxygen atoms in total. The summed E-state index contributed by atoms with van der Waals surface area (Å²) in [6.07, 6.45) is 0. The fourth-order valence-electron chi connectivity index (χ4n) is 2.14. The maximum absolute atomic E-state index is 12.1. The molecule has 0 spiro atoms. The van der Waals surface area contributed by atoms with Gasteiger partial charge in [-0.2, -0.15) is 0 Å². The van der Waals surface area contributed by atoms with Gasteiger partial charge in [-0.25, -0.2) is 4.98 Å². The summed E-state index contributed by atoms with van der Waals surface area (Å²) in [5.74, 6) is 1.34. The molecule has 0 radical (unpaired) electrons. The van der Waals surface area contributed by atoms with Gasteiger partial charge in [-0.05, 0) is 12.1 Å². The molecule has 3 rings (SSSR count). The van der Waals surface area contributed by atoms with Gasteiger partial charge in [0.25, 0.3) is 5.56 Å². The number of nitrogens with zero attached hydrogens (tertiary/aromatic N) is 2. The van der Waals surface area contributed by atoms with Crippen LogP contribution in [0.15, 0.2) is 71.5 Å². The molecule has 0 N–H and O–H groups in total. The first-order valence-corrected chi connectivity index (χ1v) is 7.04. The molecular formula is C18H16N2O2. The SMILES string of the molecule is Cn1c(COc2ccccc2)nc(-c2ccccc2)cc1=O. The molecule has 2 aromatic carbocycles. The first kappa shape index (κ1) is 14.1. The normalized spacial score (nSPS) is 10.4. The fraction of sp³-hybridized carbons (Fsp3) is 0.111. The molecule has 0 saturated heterocycles. The first-order chi connectivity index (χ1) is 10.7. The monoisotopic (exact) mass is 292 g/mol. The molecule has 0 atom stereocenters. The van der Waals surface area contributed by atoms with Crippen molar-refractivity contribution in [2.24, 2.45) is 7.05 Å². The summed E-state index contributed by atoms with van der Waals surface area (Å²) in [5, 5.41) is 0. The van der Waals surface area contributed by atoms with Crippen molar-refractivity contribution in [3.05, 3.63) is 82.9 Å². The number of benzene rings is 2. The zero-order valence-electron chi connectivity index (χ0n) is 12.3. The highest BCUT2D eigenvalue weighted by molar-refractivity contribution is 5.58. The minimum atomic E-state index is -0.0967. The molecule has 1 heterocycles. The predicted molar refractivity (Wildman–Crippen MR) is 85.7 cm³/mol. The van der Waals surface area contributed by atoms with E-state index in [-0.39, 0.29) is 12.2 Å². The molecule has 1 aromatic heterocycles. The van der Waals surface area contributed by atoms with Gasteiger partial charge < -0.3 is 4.74 Å². The van der Waals surface area contributed by atoms with Crippen LogP contribution >= 0.6 is 0 Å². The van der Waals surface area contributed by atoms with Crippen LogP contribution in [0.3, 0.4) is 0 Å². The minimum Gasteiger partial charge on any atom is -0.486 e. The van der Waals surface area contributed by atoms with Crippen LogP contribution in [0.2, 0.25) is 0 Å². The number of hydrogen-bond donors (Lipinski definition) is 0. The Morgan fingerprint density at radius 1 is 1.00 bits per heavy atom. The molecule has 0 aliphatic heterocycles. The largest absolute Gasteiger partial charge is 0.486 e. The first-order valence-electron chi connectivity index (χ1n) is 7.04. The van der Waals surface area contributed by atoms with E-state index in [0.717, 1.165) is 11.3 Å². The smallest absolute Gasteiger partial charge is 0.253 e. The Labute approximate surface area is 128 Å². The zero-order valence-corrected chi connectivity index (χ0v) is 12.3. The van der Waals surface area contributed by atoms with Gasteiger partial charge >= 0.3 is 0 Å². The van der Waals surface area contributed by atoms with Crippen LogP contribution in [-0.2, 0) is 13.7 Å². The van der Waals surface area contributed by atoms with Crippen LogP contribution in [0.1, 0.15) is 5.82 Å². The fourth-order valence-corrected chi connectivity index (χ4v) is 2.14. The Hall–Kier alpha value is -2.88. The summed E-state index contributed by atoms with van der Waals surface area (Å²) in [6.45, 7) is 0.246. The Balaban J connectivity index is 1.91. The van der Waals surface area contributed by atoms with Gasteiger partial charge in [0.15, 0.2) is 0 Å². The summed E-state index contributed by atoms with van der Waals surface area (Å²) in [6, 6.07) is 20.7. The third-order valence-corrected chi connectivity index (χ3v) is 3.41. The molecule has 0 saturated carbocycles. The van der Waals surface area contributed by atoms with E-state index in [4.69, 9.17) is 4.74 Å². The molecule has 0 aliphatic carbocycles. The van der Waals surface area contributed by atoms with E-state index in [9.17, 15) is 4.79 Å². The molecule has 3 aromatic rings. The summed E-state index contributed by atoms with van der Waals surface area (Å²) in [4.78, 5) is 16.7. The van der Waals surface area contributed by atoms with E-state index in [1.807, 2.05) is 60.7 Å². The van der Waals surface area contributed by atoms with Gasteiger partial charge in [0, 0.05) is 18.7 Å². The minimum absolute atomic E-state index is 0.0967. The van der Waals surface area contributed by atoms with Crippen LogP contribution in [0.5, 0.6) is 5.75 Å². The van der Waals surface area contributed by atoms with Crippen LogP contribution in [0.25, 0.3) is 11.3 Å². The molecule has 4 heteroatoms. The van der Waals surface area contributed by atoms with Crippen LogP contribution in [0, 0.1) is 0 Å². The molecular weight excluding hydrogens is 276 g/mol. The molecule has 110 valence electrons. The third kappa shape index (κ3) is 3.06. The lowest BCUT2D eigenvalue weighted by Crippen LogP contribution is -2.23. The quantitative estimate of drug-likeness (QED) is 0.742. The molecule has 22 heavy (non-hydrogen) atoms. The van der Waals surface area contributed by atoms with E-state index in [0.29, 0.717) is 11.5 Å². The second kappa shape index (κ2) is 6.26. The predicted octanol–water partition coefficient (Wildman–Crippen LogP) is 3.03. The highest BCUT2D eigenvalue weighted by Gasteiger charge is 2.08. The van der Waals surface area contributed by atoms with Crippen molar-refractivity contribution in [2.45, 2.75) is 6.61 Å². The van der Waals surface area contributed by atoms with Crippen molar-refractivity contribution >= 4 is 0 Å². The average molecular weight is 292 g/mol. The van der Waals surface area contributed by atoms with E-state index >= 15 is 0 Å². The van der Waals surface area contributed by atoms with Gasteiger partial charge in [-0.1, -0.05) is 48.5 Å². The van der Waals surface area contributed by atoms with E-state index in [2.05, 4.69) is 4.98 Å². The third-order valence-electron chi connectivity index (χ3n) is 3.41. The zero-order chi connectivity index (χ0) is 15.4. The van der Waals surface area contributed by atoms with E-state index in [1.54, 1.807) is 13.1 Å². The topological polar surface area (TPSA) is 44.1 Å². The van der Waals surface area contributed by atoms with Crippen LogP contribution in [0.4, 0.5) is 0 Å². The second-order valence-electron chi connectivity index (χ2n) is 4.92. The highest BCUT2D eigenvalue weighted by Crippen LogP contribution is 2.16. The molecule has 0 unspecified atom stereocenters. The molecule has 0 bridgehead atoms. The van der Waals surface area contributed by atoms with Crippen molar-refractivity contribution < 1.29 is 4.74 Å². The van der Waals surface area contributed by atoms with E-state index < -0.39 is 0 Å². The average Bonchev–Trinajstić information content (AvgIpc) is 2.58. The van der Waals surface area contributed by atoms with Crippen molar-refractivity contribution in [3.8, 4) is 17.0 Å². The highest BCUT2D eigenvalue weighted by atomic mass is 16.5. The standard InChI is InChI=1S/C18H16N2O2/c1-20-17(13-22-15-10-6-3-7-11-15)19-16(12-18(20)21)14-8-4-2-5-9-14/h2-12H,13H2,1H3. The number of rotatable bonds is 4. The summed E-state index contributed by atoms with van der Waals surface area (Å²) in [5.41, 5.74) is 1.48. The van der Waals surface area contributed by atoms with Gasteiger partial charge in [0.1, 0.15) is 18.2 Å². The van der Waals surface area contributed by atoms with Crippen molar-refractivity contribution in [3.63, 3.8) is 0 Å². The number of hydrogen-bond acceptors (Lipinski definition) is 3. The Morgan fingerprint density at radius 3 is 2.32 bits per heavy atom. The Bertz CT molecular complexity index is 811. The molecule has 0 fully saturated rings. The van der Waals surface area contributed by atoms with Crippen molar-refractivity contribution in [1.29, 1.82) is 0 Å². The number of ether oxygens (including phenoxy) is 1. The van der Waals surface area contributed by atoms with Gasteiger partial charge in [-0.15, -0.1) is 0 Å².